The van der Waals surface area contributed by atoms with Crippen LogP contribution in [-0.4, -0.2) is 32.2 Å². The zero-order valence-corrected chi connectivity index (χ0v) is 12.3. The molecule has 0 bridgehead atoms. The topological polar surface area (TPSA) is 55.5 Å². The molecule has 1 saturated carbocycles. The van der Waals surface area contributed by atoms with Gasteiger partial charge in [-0.25, -0.2) is 0 Å². The van der Waals surface area contributed by atoms with Crippen LogP contribution in [0, 0.1) is 5.92 Å². The van der Waals surface area contributed by atoms with Crippen LogP contribution in [0.5, 0.6) is 0 Å². The lowest BCUT2D eigenvalue weighted by Crippen LogP contribution is -2.47. The van der Waals surface area contributed by atoms with Gasteiger partial charge in [0.25, 0.3) is 0 Å². The van der Waals surface area contributed by atoms with Crippen LogP contribution in [-0.2, 0) is 4.43 Å². The third-order valence-corrected chi connectivity index (χ3v) is 8.66. The molecule has 0 radical (unpaired) electrons. The highest BCUT2D eigenvalue weighted by Gasteiger charge is 2.42. The maximum absolute atomic E-state index is 9.16. The van der Waals surface area contributed by atoms with Gasteiger partial charge in [0.05, 0.1) is 6.10 Å². The molecule has 3 atom stereocenters. The summed E-state index contributed by atoms with van der Waals surface area (Å²) in [4.78, 5) is 0. The van der Waals surface area contributed by atoms with E-state index in [2.05, 4.69) is 33.9 Å². The Balaban J connectivity index is 2.61. The number of nitrogens with two attached hydrogens (primary N) is 1. The summed E-state index contributed by atoms with van der Waals surface area (Å²) in [5, 5.41) is 9.39. The quantitative estimate of drug-likeness (QED) is 0.749. The molecular weight excluding hydrogens is 218 g/mol. The van der Waals surface area contributed by atoms with Crippen LogP contribution in [0.25, 0.3) is 0 Å². The van der Waals surface area contributed by atoms with Crippen molar-refractivity contribution in [1.82, 2.24) is 0 Å². The molecule has 1 rings (SSSR count). The van der Waals surface area contributed by atoms with Gasteiger partial charge in [0.2, 0.25) is 0 Å². The van der Waals surface area contributed by atoms with E-state index in [4.69, 9.17) is 15.3 Å². The molecule has 0 aromatic heterocycles. The fourth-order valence-electron chi connectivity index (χ4n) is 1.98. The van der Waals surface area contributed by atoms with E-state index >= 15 is 0 Å². The summed E-state index contributed by atoms with van der Waals surface area (Å²) >= 11 is 0. The first-order valence-corrected chi connectivity index (χ1v) is 9.12. The van der Waals surface area contributed by atoms with Gasteiger partial charge in [0.15, 0.2) is 8.32 Å². The summed E-state index contributed by atoms with van der Waals surface area (Å²) in [5.74, 6) is 0.338. The minimum absolute atomic E-state index is 0.103. The Hall–Kier alpha value is 0.0969. The van der Waals surface area contributed by atoms with E-state index in [1.807, 2.05) is 0 Å². The predicted octanol–water partition coefficient (Wildman–Crippen LogP) is 2.11. The molecular formula is C12H27NO2Si. The summed E-state index contributed by atoms with van der Waals surface area (Å²) < 4.78 is 6.31. The fraction of sp³-hybridized carbons (Fsp3) is 1.00. The average molecular weight is 245 g/mol. The van der Waals surface area contributed by atoms with Gasteiger partial charge in [-0.2, -0.15) is 0 Å². The van der Waals surface area contributed by atoms with E-state index in [1.54, 1.807) is 0 Å². The van der Waals surface area contributed by atoms with Gasteiger partial charge in [-0.05, 0) is 36.9 Å². The van der Waals surface area contributed by atoms with Crippen molar-refractivity contribution in [2.45, 2.75) is 63.9 Å². The van der Waals surface area contributed by atoms with Gasteiger partial charge in [0.1, 0.15) is 0 Å². The molecule has 0 spiro atoms. The normalized spacial score (nSPS) is 32.1. The van der Waals surface area contributed by atoms with Crippen molar-refractivity contribution in [2.24, 2.45) is 11.7 Å². The summed E-state index contributed by atoms with van der Waals surface area (Å²) in [5.41, 5.74) is 6.08. The second kappa shape index (κ2) is 4.76. The Morgan fingerprint density at radius 3 is 2.25 bits per heavy atom. The number of hydrogen-bond acceptors (Lipinski definition) is 3. The molecule has 3 N–H and O–H groups in total. The van der Waals surface area contributed by atoms with Crippen LogP contribution < -0.4 is 5.73 Å². The minimum atomic E-state index is -1.72. The summed E-state index contributed by atoms with van der Waals surface area (Å²) in [6, 6.07) is 0.103. The van der Waals surface area contributed by atoms with Crippen molar-refractivity contribution in [3.05, 3.63) is 0 Å². The molecule has 0 saturated heterocycles. The van der Waals surface area contributed by atoms with Crippen LogP contribution in [0.2, 0.25) is 18.1 Å². The lowest BCUT2D eigenvalue weighted by molar-refractivity contribution is 0.159. The molecule has 0 aromatic rings. The first-order valence-electron chi connectivity index (χ1n) is 6.21. The van der Waals surface area contributed by atoms with Crippen molar-refractivity contribution < 1.29 is 9.53 Å². The number of hydrogen-bond donors (Lipinski definition) is 2. The van der Waals surface area contributed by atoms with Crippen LogP contribution in [0.3, 0.4) is 0 Å². The fourth-order valence-corrected chi connectivity index (χ4v) is 3.36. The first kappa shape index (κ1) is 14.2. The number of rotatable bonds is 3. The molecule has 16 heavy (non-hydrogen) atoms. The maximum atomic E-state index is 9.16. The molecule has 0 aromatic carbocycles. The lowest BCUT2D eigenvalue weighted by Gasteiger charge is -2.39. The Labute approximate surface area is 100 Å². The third kappa shape index (κ3) is 3.06. The van der Waals surface area contributed by atoms with Crippen molar-refractivity contribution >= 4 is 8.32 Å². The van der Waals surface area contributed by atoms with E-state index in [0.717, 1.165) is 12.8 Å². The lowest BCUT2D eigenvalue weighted by atomic mass is 10.1. The highest BCUT2D eigenvalue weighted by Crippen LogP contribution is 2.40. The third-order valence-electron chi connectivity index (χ3n) is 4.16. The summed E-state index contributed by atoms with van der Waals surface area (Å²) in [6.07, 6.45) is 1.97. The highest BCUT2D eigenvalue weighted by molar-refractivity contribution is 6.74. The van der Waals surface area contributed by atoms with Crippen LogP contribution >= 0.6 is 0 Å². The molecule has 0 unspecified atom stereocenters. The Bertz CT molecular complexity index is 238. The molecule has 0 aliphatic heterocycles. The number of aliphatic hydroxyl groups is 1. The Morgan fingerprint density at radius 2 is 1.88 bits per heavy atom. The van der Waals surface area contributed by atoms with Gasteiger partial charge in [-0.1, -0.05) is 20.8 Å². The van der Waals surface area contributed by atoms with E-state index in [1.165, 1.54) is 0 Å². The molecule has 3 nitrogen and oxygen atoms in total. The van der Waals surface area contributed by atoms with Crippen LogP contribution in [0.4, 0.5) is 0 Å². The van der Waals surface area contributed by atoms with E-state index in [9.17, 15) is 0 Å². The molecule has 1 aliphatic rings. The average Bonchev–Trinajstić information content (AvgIpc) is 2.44. The van der Waals surface area contributed by atoms with Gasteiger partial charge >= 0.3 is 0 Å². The first-order chi connectivity index (χ1) is 7.17. The second-order valence-corrected chi connectivity index (χ2v) is 11.4. The maximum Gasteiger partial charge on any atom is 0.192 e. The van der Waals surface area contributed by atoms with Gasteiger partial charge in [-0.3, -0.25) is 0 Å². The van der Waals surface area contributed by atoms with Crippen molar-refractivity contribution in [3.8, 4) is 0 Å². The Morgan fingerprint density at radius 1 is 1.31 bits per heavy atom. The molecule has 4 heteroatoms. The van der Waals surface area contributed by atoms with Crippen LogP contribution in [0.15, 0.2) is 0 Å². The predicted molar refractivity (Wildman–Crippen MR) is 69.9 cm³/mol. The van der Waals surface area contributed by atoms with Crippen LogP contribution in [0.1, 0.15) is 33.6 Å². The SMILES string of the molecule is CC(C)(C)[Si](C)(C)O[C@H]1C[C@@H](CO)C[C@H]1N. The molecule has 96 valence electrons. The largest absolute Gasteiger partial charge is 0.412 e. The van der Waals surface area contributed by atoms with Crippen molar-refractivity contribution in [1.29, 1.82) is 0 Å². The van der Waals surface area contributed by atoms with Crippen molar-refractivity contribution in [2.75, 3.05) is 6.61 Å². The van der Waals surface area contributed by atoms with Gasteiger partial charge in [0, 0.05) is 12.6 Å². The van der Waals surface area contributed by atoms with E-state index in [0.29, 0.717) is 5.92 Å². The van der Waals surface area contributed by atoms with Crippen molar-refractivity contribution in [3.63, 3.8) is 0 Å². The molecule has 1 aliphatic carbocycles. The smallest absolute Gasteiger partial charge is 0.192 e. The summed E-state index contributed by atoms with van der Waals surface area (Å²) in [6.45, 7) is 11.5. The zero-order valence-electron chi connectivity index (χ0n) is 11.3. The van der Waals surface area contributed by atoms with Gasteiger partial charge in [-0.15, -0.1) is 0 Å². The van der Waals surface area contributed by atoms with E-state index in [-0.39, 0.29) is 23.8 Å². The monoisotopic (exact) mass is 245 g/mol. The standard InChI is InChI=1S/C12H27NO2Si/c1-12(2,3)16(4,5)15-11-7-9(8-14)6-10(11)13/h9-11,14H,6-8,13H2,1-5H3/t9-,10+,11-/m0/s1. The van der Waals surface area contributed by atoms with Gasteiger partial charge < -0.3 is 15.3 Å². The highest BCUT2D eigenvalue weighted by atomic mass is 28.4. The minimum Gasteiger partial charge on any atom is -0.412 e. The molecule has 1 fully saturated rings. The molecule has 0 heterocycles. The second-order valence-electron chi connectivity index (χ2n) is 6.60. The van der Waals surface area contributed by atoms with E-state index < -0.39 is 8.32 Å². The number of aliphatic hydroxyl groups excluding tert-OH is 1. The molecule has 0 amide bonds. The Kier molecular flexibility index (Phi) is 4.22. The zero-order chi connectivity index (χ0) is 12.6. The summed E-state index contributed by atoms with van der Waals surface area (Å²) in [7, 11) is -1.72.